The zero-order chi connectivity index (χ0) is 13.3. The van der Waals surface area contributed by atoms with E-state index in [1.165, 1.54) is 25.2 Å². The van der Waals surface area contributed by atoms with E-state index < -0.39 is 5.97 Å². The number of nitrogens with zero attached hydrogens (tertiary/aromatic N) is 1. The summed E-state index contributed by atoms with van der Waals surface area (Å²) in [7, 11) is 1.42. The SMILES string of the molecule is CCCOC(=O)c1ccc2c(c1)C(=O)N(C)C2=O. The Bertz CT molecular complexity index is 536. The Balaban J connectivity index is 2.32. The molecule has 0 aliphatic carbocycles. The van der Waals surface area contributed by atoms with Gasteiger partial charge in [0, 0.05) is 7.05 Å². The highest BCUT2D eigenvalue weighted by Crippen LogP contribution is 2.22. The summed E-state index contributed by atoms with van der Waals surface area (Å²) in [6, 6.07) is 4.40. The second kappa shape index (κ2) is 4.60. The van der Waals surface area contributed by atoms with Crippen LogP contribution in [0.15, 0.2) is 18.2 Å². The zero-order valence-corrected chi connectivity index (χ0v) is 10.2. The molecule has 1 aliphatic heterocycles. The molecule has 0 unspecified atom stereocenters. The second-order valence-electron chi connectivity index (χ2n) is 4.07. The van der Waals surface area contributed by atoms with Gasteiger partial charge in [0.05, 0.1) is 23.3 Å². The average molecular weight is 247 g/mol. The van der Waals surface area contributed by atoms with Crippen LogP contribution >= 0.6 is 0 Å². The topological polar surface area (TPSA) is 63.7 Å². The number of benzene rings is 1. The first-order valence-corrected chi connectivity index (χ1v) is 5.69. The van der Waals surface area contributed by atoms with Crippen LogP contribution in [-0.2, 0) is 4.74 Å². The summed E-state index contributed by atoms with van der Waals surface area (Å²) in [5.74, 6) is -1.21. The molecule has 0 saturated carbocycles. The van der Waals surface area contributed by atoms with E-state index in [1.54, 1.807) is 0 Å². The monoisotopic (exact) mass is 247 g/mol. The first-order chi connectivity index (χ1) is 8.56. The van der Waals surface area contributed by atoms with Gasteiger partial charge in [0.15, 0.2) is 0 Å². The van der Waals surface area contributed by atoms with E-state index >= 15 is 0 Å². The van der Waals surface area contributed by atoms with Crippen LogP contribution in [0.25, 0.3) is 0 Å². The fourth-order valence-electron chi connectivity index (χ4n) is 1.77. The Hall–Kier alpha value is -2.17. The molecule has 0 bridgehead atoms. The van der Waals surface area contributed by atoms with Gasteiger partial charge in [-0.15, -0.1) is 0 Å². The maximum absolute atomic E-state index is 11.7. The third-order valence-corrected chi connectivity index (χ3v) is 2.76. The Morgan fingerprint density at radius 1 is 1.22 bits per heavy atom. The van der Waals surface area contributed by atoms with Crippen molar-refractivity contribution in [2.24, 2.45) is 0 Å². The minimum atomic E-state index is -0.477. The largest absolute Gasteiger partial charge is 0.462 e. The molecule has 1 aromatic rings. The van der Waals surface area contributed by atoms with Gasteiger partial charge in [0.2, 0.25) is 0 Å². The first kappa shape index (κ1) is 12.3. The molecule has 0 fully saturated rings. The maximum Gasteiger partial charge on any atom is 0.338 e. The summed E-state index contributed by atoms with van der Waals surface area (Å²) >= 11 is 0. The van der Waals surface area contributed by atoms with Crippen molar-refractivity contribution in [3.05, 3.63) is 34.9 Å². The number of hydrogen-bond acceptors (Lipinski definition) is 4. The van der Waals surface area contributed by atoms with E-state index in [0.717, 1.165) is 11.3 Å². The zero-order valence-electron chi connectivity index (χ0n) is 10.2. The lowest BCUT2D eigenvalue weighted by Crippen LogP contribution is -2.24. The summed E-state index contributed by atoms with van der Waals surface area (Å²) in [5, 5.41) is 0. The molecule has 0 N–H and O–H groups in total. The molecule has 1 aromatic carbocycles. The predicted molar refractivity (Wildman–Crippen MR) is 63.4 cm³/mol. The Morgan fingerprint density at radius 2 is 1.89 bits per heavy atom. The standard InChI is InChI=1S/C13H13NO4/c1-3-6-18-13(17)8-4-5-9-10(7-8)12(16)14(2)11(9)15/h4-5,7H,3,6H2,1-2H3. The molecule has 5 nitrogen and oxygen atoms in total. The maximum atomic E-state index is 11.7. The van der Waals surface area contributed by atoms with Crippen molar-refractivity contribution in [2.45, 2.75) is 13.3 Å². The number of ether oxygens (including phenoxy) is 1. The van der Waals surface area contributed by atoms with Crippen LogP contribution in [0.4, 0.5) is 0 Å². The normalized spacial score (nSPS) is 13.8. The van der Waals surface area contributed by atoms with E-state index in [9.17, 15) is 14.4 Å². The molecule has 0 aromatic heterocycles. The van der Waals surface area contributed by atoms with Crippen molar-refractivity contribution < 1.29 is 19.1 Å². The minimum Gasteiger partial charge on any atom is -0.462 e. The molecule has 5 heteroatoms. The van der Waals surface area contributed by atoms with Crippen LogP contribution in [-0.4, -0.2) is 36.3 Å². The molecule has 0 radical (unpaired) electrons. The lowest BCUT2D eigenvalue weighted by Gasteiger charge is -2.04. The van der Waals surface area contributed by atoms with Crippen LogP contribution in [0.2, 0.25) is 0 Å². The quantitative estimate of drug-likeness (QED) is 0.599. The Labute approximate surface area is 104 Å². The first-order valence-electron chi connectivity index (χ1n) is 5.69. The van der Waals surface area contributed by atoms with Crippen molar-refractivity contribution in [3.8, 4) is 0 Å². The van der Waals surface area contributed by atoms with Crippen molar-refractivity contribution in [1.82, 2.24) is 4.90 Å². The molecular formula is C13H13NO4. The Morgan fingerprint density at radius 3 is 2.56 bits per heavy atom. The van der Waals surface area contributed by atoms with Gasteiger partial charge in [-0.3, -0.25) is 14.5 Å². The molecular weight excluding hydrogens is 234 g/mol. The van der Waals surface area contributed by atoms with E-state index in [0.29, 0.717) is 17.7 Å². The summed E-state index contributed by atoms with van der Waals surface area (Å²) in [6.45, 7) is 2.23. The third-order valence-electron chi connectivity index (χ3n) is 2.76. The number of hydrogen-bond donors (Lipinski definition) is 0. The molecule has 0 atom stereocenters. The fourth-order valence-corrected chi connectivity index (χ4v) is 1.77. The van der Waals surface area contributed by atoms with Crippen molar-refractivity contribution >= 4 is 17.8 Å². The van der Waals surface area contributed by atoms with Gasteiger partial charge in [-0.25, -0.2) is 4.79 Å². The van der Waals surface area contributed by atoms with E-state index in [-0.39, 0.29) is 17.4 Å². The van der Waals surface area contributed by atoms with Gasteiger partial charge >= 0.3 is 5.97 Å². The second-order valence-corrected chi connectivity index (χ2v) is 4.07. The minimum absolute atomic E-state index is 0.258. The Kier molecular flexibility index (Phi) is 3.14. The summed E-state index contributed by atoms with van der Waals surface area (Å²) in [6.07, 6.45) is 0.733. The van der Waals surface area contributed by atoms with E-state index in [1.807, 2.05) is 6.92 Å². The number of imide groups is 1. The summed E-state index contributed by atoms with van der Waals surface area (Å²) < 4.78 is 4.98. The van der Waals surface area contributed by atoms with Gasteiger partial charge in [-0.05, 0) is 24.6 Å². The molecule has 94 valence electrons. The third kappa shape index (κ3) is 1.88. The van der Waals surface area contributed by atoms with Crippen LogP contribution in [0.3, 0.4) is 0 Å². The van der Waals surface area contributed by atoms with E-state index in [4.69, 9.17) is 4.74 Å². The average Bonchev–Trinajstić information content (AvgIpc) is 2.61. The van der Waals surface area contributed by atoms with Crippen molar-refractivity contribution in [2.75, 3.05) is 13.7 Å². The van der Waals surface area contributed by atoms with Gasteiger partial charge in [0.1, 0.15) is 0 Å². The highest BCUT2D eigenvalue weighted by atomic mass is 16.5. The molecule has 1 aliphatic rings. The summed E-state index contributed by atoms with van der Waals surface area (Å²) in [4.78, 5) is 36.1. The van der Waals surface area contributed by atoms with Gasteiger partial charge in [-0.2, -0.15) is 0 Å². The van der Waals surface area contributed by atoms with Crippen LogP contribution in [0.5, 0.6) is 0 Å². The number of carbonyl (C=O) groups is 3. The highest BCUT2D eigenvalue weighted by molar-refractivity contribution is 6.21. The van der Waals surface area contributed by atoms with Crippen LogP contribution in [0.1, 0.15) is 44.4 Å². The molecule has 18 heavy (non-hydrogen) atoms. The number of amides is 2. The van der Waals surface area contributed by atoms with Crippen LogP contribution < -0.4 is 0 Å². The van der Waals surface area contributed by atoms with E-state index in [2.05, 4.69) is 0 Å². The van der Waals surface area contributed by atoms with Gasteiger partial charge in [0.25, 0.3) is 11.8 Å². The lowest BCUT2D eigenvalue weighted by atomic mass is 10.1. The molecule has 2 rings (SSSR count). The van der Waals surface area contributed by atoms with Gasteiger partial charge < -0.3 is 4.74 Å². The number of esters is 1. The molecule has 0 spiro atoms. The predicted octanol–water partition coefficient (Wildman–Crippen LogP) is 1.48. The number of fused-ring (bicyclic) bond motifs is 1. The molecule has 0 saturated heterocycles. The number of carbonyl (C=O) groups excluding carboxylic acids is 3. The fraction of sp³-hybridized carbons (Fsp3) is 0.308. The lowest BCUT2D eigenvalue weighted by molar-refractivity contribution is 0.0504. The number of rotatable bonds is 3. The molecule has 2 amide bonds. The van der Waals surface area contributed by atoms with Crippen molar-refractivity contribution in [3.63, 3.8) is 0 Å². The summed E-state index contributed by atoms with van der Waals surface area (Å²) in [5.41, 5.74) is 0.877. The smallest absolute Gasteiger partial charge is 0.338 e. The highest BCUT2D eigenvalue weighted by Gasteiger charge is 2.33. The molecule has 1 heterocycles. The van der Waals surface area contributed by atoms with Gasteiger partial charge in [-0.1, -0.05) is 6.92 Å². The van der Waals surface area contributed by atoms with Crippen LogP contribution in [0, 0.1) is 0 Å². The van der Waals surface area contributed by atoms with Crippen molar-refractivity contribution in [1.29, 1.82) is 0 Å².